The van der Waals surface area contributed by atoms with Gasteiger partial charge in [0.25, 0.3) is 0 Å². The van der Waals surface area contributed by atoms with Crippen LogP contribution in [0.5, 0.6) is 0 Å². The number of hydrogen-bond acceptors (Lipinski definition) is 2. The van der Waals surface area contributed by atoms with Gasteiger partial charge in [0, 0.05) is 38.5 Å². The van der Waals surface area contributed by atoms with Crippen molar-refractivity contribution < 1.29 is 4.42 Å². The molecule has 0 atom stereocenters. The molecule has 0 radical (unpaired) electrons. The number of imidazole rings is 1. The molecule has 4 heteroatoms. The highest BCUT2D eigenvalue weighted by Crippen LogP contribution is 2.37. The second kappa shape index (κ2) is 13.3. The maximum atomic E-state index is 6.34. The second-order valence-electron chi connectivity index (χ2n) is 15.2. The van der Waals surface area contributed by atoms with Gasteiger partial charge in [0.2, 0.25) is 0 Å². The van der Waals surface area contributed by atoms with E-state index < -0.39 is 0 Å². The summed E-state index contributed by atoms with van der Waals surface area (Å²) in [4.78, 5) is 5.06. The molecule has 0 unspecified atom stereocenters. The molecule has 0 N–H and O–H groups in total. The lowest BCUT2D eigenvalue weighted by atomic mass is 9.98. The van der Waals surface area contributed by atoms with E-state index in [-0.39, 0.29) is 0 Å². The first kappa shape index (κ1) is 33.2. The Morgan fingerprint density at radius 2 is 0.729 bits per heavy atom. The lowest BCUT2D eigenvalue weighted by Crippen LogP contribution is -1.97. The van der Waals surface area contributed by atoms with Crippen LogP contribution in [0, 0.1) is 0 Å². The lowest BCUT2D eigenvalue weighted by molar-refractivity contribution is 0.669. The minimum absolute atomic E-state index is 0.883. The fourth-order valence-corrected chi connectivity index (χ4v) is 8.87. The van der Waals surface area contributed by atoms with E-state index in [1.54, 1.807) is 0 Å². The summed E-state index contributed by atoms with van der Waals surface area (Å²) in [5.41, 5.74) is 16.6. The van der Waals surface area contributed by atoms with Crippen LogP contribution in [0.25, 0.3) is 111 Å². The molecule has 4 nitrogen and oxygen atoms in total. The monoisotopic (exact) mass is 753 g/mol. The fourth-order valence-electron chi connectivity index (χ4n) is 8.87. The standard InChI is InChI=1S/C55H35N3O/c1-2-10-43(11-3-1)58-52-17-9-6-14-49(52)56-55(58)40-24-22-39(23-25-40)42-29-33-54-48(35-42)47-34-41(28-32-53(47)59-54)38-20-18-36(19-21-38)37-26-30-44(31-27-37)57-50-15-7-4-12-45(50)46-13-5-8-16-51(46)57/h1-35H. The number of hydrogen-bond donors (Lipinski definition) is 0. The molecule has 0 saturated heterocycles. The zero-order chi connectivity index (χ0) is 38.9. The number of aromatic nitrogens is 3. The molecule has 0 aliphatic rings. The SMILES string of the molecule is c1ccc(-n2c(-c3ccc(-c4ccc5oc6ccc(-c7ccc(-c8ccc(-n9c%10ccccc%10c%10ccccc%109)cc8)cc7)cc6c5c4)cc3)nc3ccccc32)cc1. The molecule has 9 aromatic carbocycles. The Labute approximate surface area is 340 Å². The zero-order valence-corrected chi connectivity index (χ0v) is 32.0. The Hall–Kier alpha value is -7.95. The van der Waals surface area contributed by atoms with E-state index in [2.05, 4.69) is 209 Å². The van der Waals surface area contributed by atoms with Gasteiger partial charge < -0.3 is 8.98 Å². The number of nitrogens with zero attached hydrogens (tertiary/aromatic N) is 3. The van der Waals surface area contributed by atoms with E-state index in [0.717, 1.165) is 72.4 Å². The van der Waals surface area contributed by atoms with E-state index in [9.17, 15) is 0 Å². The third kappa shape index (κ3) is 5.49. The van der Waals surface area contributed by atoms with Gasteiger partial charge in [-0.1, -0.05) is 140 Å². The van der Waals surface area contributed by atoms with E-state index in [4.69, 9.17) is 9.40 Å². The first-order valence-corrected chi connectivity index (χ1v) is 20.0. The molecule has 276 valence electrons. The van der Waals surface area contributed by atoms with Crippen LogP contribution < -0.4 is 0 Å². The highest BCUT2D eigenvalue weighted by atomic mass is 16.3. The van der Waals surface area contributed by atoms with Crippen LogP contribution in [0.1, 0.15) is 0 Å². The summed E-state index contributed by atoms with van der Waals surface area (Å²) in [7, 11) is 0. The Morgan fingerprint density at radius 1 is 0.305 bits per heavy atom. The molecule has 0 bridgehead atoms. The molecule has 0 fully saturated rings. The molecule has 0 amide bonds. The predicted octanol–water partition coefficient (Wildman–Crippen LogP) is 14.7. The number of rotatable bonds is 6. The van der Waals surface area contributed by atoms with Crippen molar-refractivity contribution in [3.05, 3.63) is 212 Å². The van der Waals surface area contributed by atoms with Crippen molar-refractivity contribution in [2.24, 2.45) is 0 Å². The maximum Gasteiger partial charge on any atom is 0.145 e. The highest BCUT2D eigenvalue weighted by Gasteiger charge is 2.16. The molecular formula is C55H35N3O. The molecule has 0 spiro atoms. The molecule has 12 rings (SSSR count). The Balaban J connectivity index is 0.838. The molecular weight excluding hydrogens is 719 g/mol. The third-order valence-electron chi connectivity index (χ3n) is 11.8. The molecule has 0 aliphatic heterocycles. The van der Waals surface area contributed by atoms with Crippen LogP contribution in [-0.2, 0) is 0 Å². The minimum Gasteiger partial charge on any atom is -0.456 e. The normalized spacial score (nSPS) is 11.7. The van der Waals surface area contributed by atoms with Crippen LogP contribution >= 0.6 is 0 Å². The number of fused-ring (bicyclic) bond motifs is 7. The van der Waals surface area contributed by atoms with Crippen molar-refractivity contribution in [3.8, 4) is 56.1 Å². The van der Waals surface area contributed by atoms with Crippen molar-refractivity contribution in [3.63, 3.8) is 0 Å². The smallest absolute Gasteiger partial charge is 0.145 e. The summed E-state index contributed by atoms with van der Waals surface area (Å²) in [6, 6.07) is 75.6. The number of para-hydroxylation sites is 5. The van der Waals surface area contributed by atoms with E-state index >= 15 is 0 Å². The van der Waals surface area contributed by atoms with Crippen molar-refractivity contribution in [2.75, 3.05) is 0 Å². The van der Waals surface area contributed by atoms with Crippen molar-refractivity contribution in [1.29, 1.82) is 0 Å². The van der Waals surface area contributed by atoms with Gasteiger partial charge in [-0.15, -0.1) is 0 Å². The van der Waals surface area contributed by atoms with E-state index in [1.165, 1.54) is 38.5 Å². The average Bonchev–Trinajstić information content (AvgIpc) is 3.99. The summed E-state index contributed by atoms with van der Waals surface area (Å²) in [5, 5.41) is 4.76. The van der Waals surface area contributed by atoms with Gasteiger partial charge in [0.1, 0.15) is 17.0 Å². The molecule has 0 saturated carbocycles. The summed E-state index contributed by atoms with van der Waals surface area (Å²) in [6.07, 6.45) is 0. The topological polar surface area (TPSA) is 35.9 Å². The zero-order valence-electron chi connectivity index (χ0n) is 32.0. The number of furan rings is 1. The summed E-state index contributed by atoms with van der Waals surface area (Å²) < 4.78 is 10.9. The third-order valence-corrected chi connectivity index (χ3v) is 11.8. The summed E-state index contributed by atoms with van der Waals surface area (Å²) in [5.74, 6) is 0.925. The van der Waals surface area contributed by atoms with Crippen LogP contribution in [0.4, 0.5) is 0 Å². The van der Waals surface area contributed by atoms with Gasteiger partial charge in [0.05, 0.1) is 22.1 Å². The van der Waals surface area contributed by atoms with Gasteiger partial charge in [-0.3, -0.25) is 4.57 Å². The van der Waals surface area contributed by atoms with Crippen molar-refractivity contribution >= 4 is 54.8 Å². The van der Waals surface area contributed by atoms with Gasteiger partial charge in [-0.05, 0) is 106 Å². The Kier molecular flexibility index (Phi) is 7.50. The van der Waals surface area contributed by atoms with Crippen LogP contribution in [0.2, 0.25) is 0 Å². The van der Waals surface area contributed by atoms with E-state index in [1.807, 2.05) is 12.1 Å². The van der Waals surface area contributed by atoms with Gasteiger partial charge in [0.15, 0.2) is 0 Å². The fraction of sp³-hybridized carbons (Fsp3) is 0. The highest BCUT2D eigenvalue weighted by molar-refractivity contribution is 6.09. The molecule has 3 aromatic heterocycles. The van der Waals surface area contributed by atoms with Gasteiger partial charge in [-0.2, -0.15) is 0 Å². The quantitative estimate of drug-likeness (QED) is 0.169. The second-order valence-corrected chi connectivity index (χ2v) is 15.2. The molecule has 59 heavy (non-hydrogen) atoms. The molecule has 3 heterocycles. The van der Waals surface area contributed by atoms with Crippen LogP contribution in [0.3, 0.4) is 0 Å². The molecule has 12 aromatic rings. The summed E-state index contributed by atoms with van der Waals surface area (Å²) >= 11 is 0. The largest absolute Gasteiger partial charge is 0.456 e. The first-order valence-electron chi connectivity index (χ1n) is 20.0. The maximum absolute atomic E-state index is 6.34. The van der Waals surface area contributed by atoms with Gasteiger partial charge in [-0.25, -0.2) is 4.98 Å². The Bertz CT molecular complexity index is 3460. The van der Waals surface area contributed by atoms with Crippen molar-refractivity contribution in [1.82, 2.24) is 14.1 Å². The molecule has 0 aliphatic carbocycles. The number of benzene rings is 9. The van der Waals surface area contributed by atoms with E-state index in [0.29, 0.717) is 0 Å². The van der Waals surface area contributed by atoms with Gasteiger partial charge >= 0.3 is 0 Å². The lowest BCUT2D eigenvalue weighted by Gasteiger charge is -2.10. The van der Waals surface area contributed by atoms with Crippen molar-refractivity contribution in [2.45, 2.75) is 0 Å². The minimum atomic E-state index is 0.883. The first-order chi connectivity index (χ1) is 29.2. The predicted molar refractivity (Wildman–Crippen MR) is 244 cm³/mol. The van der Waals surface area contributed by atoms with Crippen LogP contribution in [0.15, 0.2) is 217 Å². The Morgan fingerprint density at radius 3 is 1.31 bits per heavy atom. The average molecular weight is 754 g/mol. The van der Waals surface area contributed by atoms with Crippen LogP contribution in [-0.4, -0.2) is 14.1 Å². The summed E-state index contributed by atoms with van der Waals surface area (Å²) in [6.45, 7) is 0.